The van der Waals surface area contributed by atoms with Crippen LogP contribution in [-0.2, 0) is 17.8 Å². The largest absolute Gasteiger partial charge is 0.484 e. The van der Waals surface area contributed by atoms with E-state index in [2.05, 4.69) is 16.3 Å². The second-order valence-electron chi connectivity index (χ2n) is 6.39. The van der Waals surface area contributed by atoms with Gasteiger partial charge in [-0.3, -0.25) is 9.89 Å². The van der Waals surface area contributed by atoms with E-state index < -0.39 is 0 Å². The first-order valence-corrected chi connectivity index (χ1v) is 8.77. The second kappa shape index (κ2) is 7.34. The lowest BCUT2D eigenvalue weighted by Crippen LogP contribution is -2.38. The number of ether oxygens (including phenoxy) is 1. The van der Waals surface area contributed by atoms with E-state index in [4.69, 9.17) is 10.00 Å². The lowest BCUT2D eigenvalue weighted by molar-refractivity contribution is -0.134. The molecule has 1 aliphatic rings. The van der Waals surface area contributed by atoms with E-state index in [1.165, 1.54) is 0 Å². The van der Waals surface area contributed by atoms with Crippen molar-refractivity contribution < 1.29 is 9.53 Å². The van der Waals surface area contributed by atoms with Crippen molar-refractivity contribution in [2.45, 2.75) is 13.0 Å². The zero-order valence-electron chi connectivity index (χ0n) is 14.7. The molecular weight excluding hydrogens is 340 g/mol. The number of fused-ring (bicyclic) bond motifs is 1. The highest BCUT2D eigenvalue weighted by molar-refractivity contribution is 5.78. The summed E-state index contributed by atoms with van der Waals surface area (Å²) in [6, 6.07) is 18.8. The van der Waals surface area contributed by atoms with Crippen molar-refractivity contribution in [1.29, 1.82) is 5.26 Å². The Morgan fingerprint density at radius 2 is 2.07 bits per heavy atom. The highest BCUT2D eigenvalue weighted by Crippen LogP contribution is 2.28. The van der Waals surface area contributed by atoms with Gasteiger partial charge in [0.25, 0.3) is 5.91 Å². The molecule has 0 unspecified atom stereocenters. The topological polar surface area (TPSA) is 82.0 Å². The molecule has 6 nitrogen and oxygen atoms in total. The Bertz CT molecular complexity index is 1000. The highest BCUT2D eigenvalue weighted by atomic mass is 16.5. The van der Waals surface area contributed by atoms with Gasteiger partial charge in [0.15, 0.2) is 6.61 Å². The Balaban J connectivity index is 1.45. The zero-order chi connectivity index (χ0) is 18.6. The number of rotatable bonds is 4. The molecule has 2 heterocycles. The summed E-state index contributed by atoms with van der Waals surface area (Å²) in [6.07, 6.45) is 0.741. The smallest absolute Gasteiger partial charge is 0.260 e. The third-order valence-electron chi connectivity index (χ3n) is 4.66. The van der Waals surface area contributed by atoms with Crippen molar-refractivity contribution >= 4 is 5.91 Å². The SMILES string of the molecule is N#Cc1cccc(OCC(=O)N2CCc3[nH]nc(-c4ccccc4)c3C2)c1. The molecule has 0 atom stereocenters. The molecule has 0 saturated carbocycles. The summed E-state index contributed by atoms with van der Waals surface area (Å²) in [6.45, 7) is 1.09. The number of carbonyl (C=O) groups excluding carboxylic acids is 1. The van der Waals surface area contributed by atoms with E-state index in [0.29, 0.717) is 24.4 Å². The molecule has 1 aromatic heterocycles. The quantitative estimate of drug-likeness (QED) is 0.777. The Kier molecular flexibility index (Phi) is 4.58. The fourth-order valence-electron chi connectivity index (χ4n) is 3.23. The predicted molar refractivity (Wildman–Crippen MR) is 99.8 cm³/mol. The minimum atomic E-state index is -0.0803. The maximum absolute atomic E-state index is 12.6. The number of H-pyrrole nitrogens is 1. The van der Waals surface area contributed by atoms with Gasteiger partial charge in [-0.25, -0.2) is 0 Å². The molecule has 1 amide bonds. The van der Waals surface area contributed by atoms with Gasteiger partial charge in [-0.2, -0.15) is 10.4 Å². The van der Waals surface area contributed by atoms with Crippen LogP contribution in [0.1, 0.15) is 16.8 Å². The average molecular weight is 358 g/mol. The molecule has 1 aliphatic heterocycles. The maximum Gasteiger partial charge on any atom is 0.260 e. The zero-order valence-corrected chi connectivity index (χ0v) is 14.7. The van der Waals surface area contributed by atoms with Gasteiger partial charge >= 0.3 is 0 Å². The molecular formula is C21H18N4O2. The highest BCUT2D eigenvalue weighted by Gasteiger charge is 2.25. The fraction of sp³-hybridized carbons (Fsp3) is 0.190. The normalized spacial score (nSPS) is 12.9. The van der Waals surface area contributed by atoms with Crippen LogP contribution in [0, 0.1) is 11.3 Å². The minimum absolute atomic E-state index is 0.0528. The number of nitriles is 1. The van der Waals surface area contributed by atoms with Crippen molar-refractivity contribution in [3.05, 3.63) is 71.4 Å². The third-order valence-corrected chi connectivity index (χ3v) is 4.66. The van der Waals surface area contributed by atoms with Crippen molar-refractivity contribution in [2.24, 2.45) is 0 Å². The second-order valence-corrected chi connectivity index (χ2v) is 6.39. The fourth-order valence-corrected chi connectivity index (χ4v) is 3.23. The molecule has 2 aromatic carbocycles. The standard InChI is InChI=1S/C21H18N4O2/c22-12-15-5-4-8-17(11-15)27-14-20(26)25-10-9-19-18(13-25)21(24-23-19)16-6-2-1-3-7-16/h1-8,11H,9-10,13-14H2,(H,23,24). The van der Waals surface area contributed by atoms with Gasteiger partial charge in [0.2, 0.25) is 0 Å². The molecule has 0 saturated heterocycles. The van der Waals surface area contributed by atoms with E-state index >= 15 is 0 Å². The van der Waals surface area contributed by atoms with Gasteiger partial charge in [0.05, 0.1) is 17.3 Å². The first-order valence-electron chi connectivity index (χ1n) is 8.77. The van der Waals surface area contributed by atoms with Gasteiger partial charge in [-0.1, -0.05) is 36.4 Å². The number of nitrogens with zero attached hydrogens (tertiary/aromatic N) is 3. The summed E-state index contributed by atoms with van der Waals surface area (Å²) in [5.74, 6) is 0.441. The number of aromatic nitrogens is 2. The third kappa shape index (κ3) is 3.53. The Labute approximate surface area is 157 Å². The van der Waals surface area contributed by atoms with Gasteiger partial charge < -0.3 is 9.64 Å². The molecule has 134 valence electrons. The van der Waals surface area contributed by atoms with Crippen molar-refractivity contribution in [3.8, 4) is 23.1 Å². The molecule has 1 N–H and O–H groups in total. The van der Waals surface area contributed by atoms with Crippen LogP contribution in [0.25, 0.3) is 11.3 Å². The average Bonchev–Trinajstić information content (AvgIpc) is 3.16. The molecule has 0 bridgehead atoms. The molecule has 0 radical (unpaired) electrons. The molecule has 3 aromatic rings. The van der Waals surface area contributed by atoms with Gasteiger partial charge in [0, 0.05) is 36.3 Å². The number of amides is 1. The van der Waals surface area contributed by atoms with Crippen LogP contribution in [0.15, 0.2) is 54.6 Å². The van der Waals surface area contributed by atoms with E-state index in [1.807, 2.05) is 30.3 Å². The van der Waals surface area contributed by atoms with Crippen LogP contribution in [0.3, 0.4) is 0 Å². The van der Waals surface area contributed by atoms with Crippen LogP contribution < -0.4 is 4.74 Å². The van der Waals surface area contributed by atoms with Gasteiger partial charge in [-0.05, 0) is 18.2 Å². The molecule has 6 heteroatoms. The van der Waals surface area contributed by atoms with Crippen LogP contribution in [-0.4, -0.2) is 34.2 Å². The molecule has 0 aliphatic carbocycles. The predicted octanol–water partition coefficient (Wildman–Crippen LogP) is 2.91. The van der Waals surface area contributed by atoms with Gasteiger partial charge in [-0.15, -0.1) is 0 Å². The number of carbonyl (C=O) groups is 1. The number of benzene rings is 2. The van der Waals surface area contributed by atoms with Crippen molar-refractivity contribution in [3.63, 3.8) is 0 Å². The Hall–Kier alpha value is -3.59. The van der Waals surface area contributed by atoms with Crippen LogP contribution in [0.5, 0.6) is 5.75 Å². The monoisotopic (exact) mass is 358 g/mol. The van der Waals surface area contributed by atoms with E-state index in [-0.39, 0.29) is 12.5 Å². The maximum atomic E-state index is 12.6. The van der Waals surface area contributed by atoms with Crippen LogP contribution in [0.2, 0.25) is 0 Å². The number of aromatic amines is 1. The van der Waals surface area contributed by atoms with Crippen molar-refractivity contribution in [1.82, 2.24) is 15.1 Å². The molecule has 0 spiro atoms. The Morgan fingerprint density at radius 1 is 1.22 bits per heavy atom. The Morgan fingerprint density at radius 3 is 2.89 bits per heavy atom. The summed E-state index contributed by atoms with van der Waals surface area (Å²) in [4.78, 5) is 14.4. The summed E-state index contributed by atoms with van der Waals surface area (Å²) in [7, 11) is 0. The minimum Gasteiger partial charge on any atom is -0.484 e. The summed E-state index contributed by atoms with van der Waals surface area (Å²) < 4.78 is 5.58. The van der Waals surface area contributed by atoms with Crippen LogP contribution in [0.4, 0.5) is 0 Å². The summed E-state index contributed by atoms with van der Waals surface area (Å²) in [5, 5.41) is 16.5. The first kappa shape index (κ1) is 16.9. The van der Waals surface area contributed by atoms with E-state index in [0.717, 1.165) is 28.9 Å². The number of hydrogen-bond donors (Lipinski definition) is 1. The number of nitrogens with one attached hydrogen (secondary N) is 1. The first-order chi connectivity index (χ1) is 13.2. The summed E-state index contributed by atoms with van der Waals surface area (Å²) >= 11 is 0. The van der Waals surface area contributed by atoms with E-state index in [1.54, 1.807) is 29.2 Å². The van der Waals surface area contributed by atoms with Crippen LogP contribution >= 0.6 is 0 Å². The molecule has 27 heavy (non-hydrogen) atoms. The lowest BCUT2D eigenvalue weighted by atomic mass is 10.0. The summed E-state index contributed by atoms with van der Waals surface area (Å²) in [5.41, 5.74) is 4.58. The molecule has 4 rings (SSSR count). The number of hydrogen-bond acceptors (Lipinski definition) is 4. The molecule has 0 fully saturated rings. The van der Waals surface area contributed by atoms with Crippen molar-refractivity contribution in [2.75, 3.05) is 13.2 Å². The van der Waals surface area contributed by atoms with Gasteiger partial charge in [0.1, 0.15) is 5.75 Å². The lowest BCUT2D eigenvalue weighted by Gasteiger charge is -2.27. The van der Waals surface area contributed by atoms with E-state index in [9.17, 15) is 4.79 Å².